The zero-order valence-corrected chi connectivity index (χ0v) is 14.8. The number of Topliss-reactive ketones (excluding diaryl/α,β-unsaturated/α-hetero) is 1. The number of rotatable bonds is 3. The van der Waals surface area contributed by atoms with Crippen LogP contribution in [0.15, 0.2) is 54.3 Å². The molecule has 1 amide bonds. The van der Waals surface area contributed by atoms with Crippen molar-refractivity contribution in [2.45, 2.75) is 31.9 Å². The summed E-state index contributed by atoms with van der Waals surface area (Å²) >= 11 is 0. The van der Waals surface area contributed by atoms with Gasteiger partial charge in [-0.2, -0.15) is 0 Å². The molecule has 3 aliphatic rings. The monoisotopic (exact) mass is 352 g/mol. The molecule has 5 nitrogen and oxygen atoms in total. The molecule has 1 aromatic rings. The van der Waals surface area contributed by atoms with E-state index in [1.165, 1.54) is 0 Å². The molecule has 1 aromatic carbocycles. The van der Waals surface area contributed by atoms with Crippen molar-refractivity contribution in [3.63, 3.8) is 0 Å². The molecule has 1 aliphatic carbocycles. The molecule has 0 N–H and O–H groups in total. The highest BCUT2D eigenvalue weighted by Crippen LogP contribution is 2.31. The van der Waals surface area contributed by atoms with Gasteiger partial charge in [-0.1, -0.05) is 42.5 Å². The van der Waals surface area contributed by atoms with Crippen molar-refractivity contribution in [2.24, 2.45) is 5.92 Å². The van der Waals surface area contributed by atoms with Gasteiger partial charge in [0, 0.05) is 38.3 Å². The summed E-state index contributed by atoms with van der Waals surface area (Å²) in [5, 5.41) is 0. The van der Waals surface area contributed by atoms with Crippen molar-refractivity contribution >= 4 is 11.9 Å². The Morgan fingerprint density at radius 1 is 1.15 bits per heavy atom. The second-order valence-corrected chi connectivity index (χ2v) is 7.21. The van der Waals surface area contributed by atoms with Gasteiger partial charge in [-0.05, 0) is 24.0 Å². The molecule has 0 spiro atoms. The lowest BCUT2D eigenvalue weighted by molar-refractivity contribution is -0.121. The molecular weight excluding hydrogens is 328 g/mol. The van der Waals surface area contributed by atoms with Gasteiger partial charge in [0.15, 0.2) is 0 Å². The number of carbonyl (C=O) groups is 2. The highest BCUT2D eigenvalue weighted by Gasteiger charge is 2.35. The molecule has 26 heavy (non-hydrogen) atoms. The molecule has 2 heterocycles. The molecule has 0 radical (unpaired) electrons. The van der Waals surface area contributed by atoms with E-state index in [4.69, 9.17) is 4.74 Å². The minimum absolute atomic E-state index is 0.0499. The first-order chi connectivity index (χ1) is 12.7. The molecule has 5 heteroatoms. The molecule has 1 atom stereocenters. The summed E-state index contributed by atoms with van der Waals surface area (Å²) in [6, 6.07) is 10.1. The summed E-state index contributed by atoms with van der Waals surface area (Å²) in [6.07, 6.45) is 8.33. The average Bonchev–Trinajstić information content (AvgIpc) is 3.13. The molecule has 0 saturated carbocycles. The lowest BCUT2D eigenvalue weighted by atomic mass is 9.90. The summed E-state index contributed by atoms with van der Waals surface area (Å²) in [6.45, 7) is 2.51. The molecule has 1 fully saturated rings. The predicted octanol–water partition coefficient (Wildman–Crippen LogP) is 3.13. The first kappa shape index (κ1) is 16.9. The summed E-state index contributed by atoms with van der Waals surface area (Å²) in [5.74, 6) is 0.372. The number of benzene rings is 1. The SMILES string of the molecule is O=C1CC=CC2=CN(C3CCN(C(=O)OCc4ccccc4)CC3)CC12. The standard InChI is InChI=1S/C21H24N2O3/c24-20-8-4-7-17-13-23(14-19(17)20)18-9-11-22(12-10-18)21(25)26-15-16-5-2-1-3-6-16/h1-7,13,18-19H,8-12,14-15H2. The lowest BCUT2D eigenvalue weighted by Crippen LogP contribution is -2.45. The molecular formula is C21H24N2O3. The van der Waals surface area contributed by atoms with Crippen LogP contribution in [0.4, 0.5) is 4.79 Å². The van der Waals surface area contributed by atoms with Crippen molar-refractivity contribution in [2.75, 3.05) is 19.6 Å². The number of likely N-dealkylation sites (tertiary alicyclic amines) is 1. The van der Waals surface area contributed by atoms with Crippen LogP contribution < -0.4 is 0 Å². The van der Waals surface area contributed by atoms with Crippen LogP contribution >= 0.6 is 0 Å². The van der Waals surface area contributed by atoms with Gasteiger partial charge in [-0.15, -0.1) is 0 Å². The quantitative estimate of drug-likeness (QED) is 0.839. The topological polar surface area (TPSA) is 49.9 Å². The largest absolute Gasteiger partial charge is 0.445 e. The Hall–Kier alpha value is -2.56. The van der Waals surface area contributed by atoms with Gasteiger partial charge in [0.2, 0.25) is 0 Å². The van der Waals surface area contributed by atoms with E-state index in [-0.39, 0.29) is 12.0 Å². The Morgan fingerprint density at radius 3 is 2.65 bits per heavy atom. The van der Waals surface area contributed by atoms with Crippen LogP contribution in [0.2, 0.25) is 0 Å². The number of hydrogen-bond acceptors (Lipinski definition) is 4. The highest BCUT2D eigenvalue weighted by atomic mass is 16.6. The lowest BCUT2D eigenvalue weighted by Gasteiger charge is -2.36. The van der Waals surface area contributed by atoms with Crippen molar-refractivity contribution in [3.8, 4) is 0 Å². The van der Waals surface area contributed by atoms with E-state index < -0.39 is 0 Å². The maximum absolute atomic E-state index is 12.3. The van der Waals surface area contributed by atoms with Gasteiger partial charge in [-0.25, -0.2) is 4.79 Å². The fourth-order valence-electron chi connectivity index (χ4n) is 4.00. The minimum Gasteiger partial charge on any atom is -0.445 e. The molecule has 0 aromatic heterocycles. The van der Waals surface area contributed by atoms with Gasteiger partial charge < -0.3 is 14.5 Å². The zero-order chi connectivity index (χ0) is 17.9. The van der Waals surface area contributed by atoms with E-state index in [2.05, 4.69) is 17.2 Å². The number of ketones is 1. The van der Waals surface area contributed by atoms with Crippen molar-refractivity contribution in [1.29, 1.82) is 0 Å². The van der Waals surface area contributed by atoms with Gasteiger partial charge >= 0.3 is 6.09 Å². The van der Waals surface area contributed by atoms with E-state index in [0.717, 1.165) is 30.5 Å². The Kier molecular flexibility index (Phi) is 4.78. The predicted molar refractivity (Wildman–Crippen MR) is 98.3 cm³/mol. The van der Waals surface area contributed by atoms with Crippen LogP contribution in [0.5, 0.6) is 0 Å². The fourth-order valence-corrected chi connectivity index (χ4v) is 4.00. The van der Waals surface area contributed by atoms with E-state index in [1.54, 1.807) is 4.90 Å². The molecule has 0 bridgehead atoms. The minimum atomic E-state index is -0.237. The Bertz CT molecular complexity index is 733. The number of fused-ring (bicyclic) bond motifs is 1. The first-order valence-electron chi connectivity index (χ1n) is 9.33. The number of ether oxygens (including phenoxy) is 1. The summed E-state index contributed by atoms with van der Waals surface area (Å²) in [4.78, 5) is 28.4. The van der Waals surface area contributed by atoms with Crippen LogP contribution in [-0.4, -0.2) is 47.4 Å². The number of piperidine rings is 1. The van der Waals surface area contributed by atoms with Gasteiger partial charge in [-0.3, -0.25) is 4.79 Å². The molecule has 136 valence electrons. The highest BCUT2D eigenvalue weighted by molar-refractivity contribution is 5.88. The van der Waals surface area contributed by atoms with Crippen molar-refractivity contribution in [1.82, 2.24) is 9.80 Å². The Balaban J connectivity index is 1.27. The Morgan fingerprint density at radius 2 is 1.92 bits per heavy atom. The second kappa shape index (κ2) is 7.36. The third-order valence-electron chi connectivity index (χ3n) is 5.53. The van der Waals surface area contributed by atoms with Crippen LogP contribution in [0, 0.1) is 5.92 Å². The normalized spacial score (nSPS) is 23.0. The number of allylic oxidation sites excluding steroid dienone is 2. The van der Waals surface area contributed by atoms with Crippen LogP contribution in [-0.2, 0) is 16.1 Å². The third kappa shape index (κ3) is 3.52. The molecule has 1 unspecified atom stereocenters. The number of hydrogen-bond donors (Lipinski definition) is 0. The van der Waals surface area contributed by atoms with E-state index in [0.29, 0.717) is 37.9 Å². The molecule has 1 saturated heterocycles. The number of carbonyl (C=O) groups excluding carboxylic acids is 2. The van der Waals surface area contributed by atoms with Crippen LogP contribution in [0.1, 0.15) is 24.8 Å². The fraction of sp³-hybridized carbons (Fsp3) is 0.429. The maximum Gasteiger partial charge on any atom is 0.410 e. The van der Waals surface area contributed by atoms with Crippen LogP contribution in [0.3, 0.4) is 0 Å². The van der Waals surface area contributed by atoms with E-state index >= 15 is 0 Å². The van der Waals surface area contributed by atoms with Gasteiger partial charge in [0.05, 0.1) is 5.92 Å². The maximum atomic E-state index is 12.3. The second-order valence-electron chi connectivity index (χ2n) is 7.21. The van der Waals surface area contributed by atoms with E-state index in [9.17, 15) is 9.59 Å². The molecule has 2 aliphatic heterocycles. The summed E-state index contributed by atoms with van der Waals surface area (Å²) in [5.41, 5.74) is 2.14. The molecule has 4 rings (SSSR count). The third-order valence-corrected chi connectivity index (χ3v) is 5.53. The number of amides is 1. The van der Waals surface area contributed by atoms with Crippen LogP contribution in [0.25, 0.3) is 0 Å². The van der Waals surface area contributed by atoms with Gasteiger partial charge in [0.25, 0.3) is 0 Å². The summed E-state index contributed by atoms with van der Waals surface area (Å²) in [7, 11) is 0. The number of nitrogens with zero attached hydrogens (tertiary/aromatic N) is 2. The first-order valence-corrected chi connectivity index (χ1v) is 9.33. The Labute approximate surface area is 153 Å². The van der Waals surface area contributed by atoms with Gasteiger partial charge in [0.1, 0.15) is 12.4 Å². The van der Waals surface area contributed by atoms with Crippen molar-refractivity contribution in [3.05, 3.63) is 59.8 Å². The van der Waals surface area contributed by atoms with E-state index in [1.807, 2.05) is 36.4 Å². The summed E-state index contributed by atoms with van der Waals surface area (Å²) < 4.78 is 5.43. The van der Waals surface area contributed by atoms with Crippen molar-refractivity contribution < 1.29 is 14.3 Å². The zero-order valence-electron chi connectivity index (χ0n) is 14.8. The smallest absolute Gasteiger partial charge is 0.410 e. The average molecular weight is 352 g/mol.